The van der Waals surface area contributed by atoms with Crippen LogP contribution in [-0.4, -0.2) is 24.0 Å². The zero-order valence-corrected chi connectivity index (χ0v) is 16.4. The van der Waals surface area contributed by atoms with Gasteiger partial charge in [-0.1, -0.05) is 53.5 Å². The molecule has 1 amide bonds. The molecule has 1 aromatic carbocycles. The lowest BCUT2D eigenvalue weighted by Gasteiger charge is -2.12. The summed E-state index contributed by atoms with van der Waals surface area (Å²) >= 11 is 11.8. The van der Waals surface area contributed by atoms with Crippen LogP contribution in [-0.2, 0) is 4.79 Å². The molecule has 0 fully saturated rings. The number of nitrogens with one attached hydrogen (secondary N) is 2. The number of pyridine rings is 1. The van der Waals surface area contributed by atoms with Gasteiger partial charge in [0.1, 0.15) is 5.82 Å². The Bertz CT molecular complexity index is 658. The van der Waals surface area contributed by atoms with Crippen LogP contribution in [0, 0.1) is 0 Å². The van der Waals surface area contributed by atoms with E-state index in [0.717, 1.165) is 5.56 Å². The Labute approximate surface area is 169 Å². The number of amides is 1. The van der Waals surface area contributed by atoms with Gasteiger partial charge < -0.3 is 16.4 Å². The van der Waals surface area contributed by atoms with Crippen LogP contribution in [0.25, 0.3) is 0 Å². The molecule has 0 bridgehead atoms. The standard InChI is InChI=1S/C16H18Cl2N4O.2ClH/c17-12-8-13(18)16(22-10-12)21-7-6-20-15(23)9-14(19)11-4-2-1-3-5-11;;/h1-5,8,10,14H,6-7,9,19H2,(H,20,23)(H,21,22);2*1H. The van der Waals surface area contributed by atoms with Gasteiger partial charge in [-0.3, -0.25) is 4.79 Å². The van der Waals surface area contributed by atoms with Gasteiger partial charge in [0.2, 0.25) is 5.91 Å². The predicted molar refractivity (Wildman–Crippen MR) is 108 cm³/mol. The number of nitrogens with zero attached hydrogens (tertiary/aromatic N) is 1. The molecule has 0 saturated heterocycles. The monoisotopic (exact) mass is 424 g/mol. The van der Waals surface area contributed by atoms with Crippen molar-refractivity contribution in [1.29, 1.82) is 0 Å². The highest BCUT2D eigenvalue weighted by Crippen LogP contribution is 2.22. The zero-order valence-electron chi connectivity index (χ0n) is 13.2. The topological polar surface area (TPSA) is 80.0 Å². The van der Waals surface area contributed by atoms with Crippen molar-refractivity contribution in [3.05, 3.63) is 58.2 Å². The summed E-state index contributed by atoms with van der Waals surface area (Å²) in [5, 5.41) is 6.75. The van der Waals surface area contributed by atoms with Crippen LogP contribution in [0.1, 0.15) is 18.0 Å². The van der Waals surface area contributed by atoms with E-state index in [9.17, 15) is 4.79 Å². The molecule has 138 valence electrons. The number of anilines is 1. The number of nitrogens with two attached hydrogens (primary N) is 1. The molecule has 2 rings (SSSR count). The van der Waals surface area contributed by atoms with Crippen molar-refractivity contribution in [1.82, 2.24) is 10.3 Å². The first-order valence-electron chi connectivity index (χ1n) is 7.18. The first kappa shape index (κ1) is 23.8. The van der Waals surface area contributed by atoms with Gasteiger partial charge in [0.25, 0.3) is 0 Å². The molecular weight excluding hydrogens is 406 g/mol. The number of hydrogen-bond donors (Lipinski definition) is 3. The summed E-state index contributed by atoms with van der Waals surface area (Å²) in [6.45, 7) is 0.946. The van der Waals surface area contributed by atoms with Gasteiger partial charge in [0, 0.05) is 31.7 Å². The second-order valence-electron chi connectivity index (χ2n) is 4.98. The number of aromatic nitrogens is 1. The molecule has 0 saturated carbocycles. The first-order chi connectivity index (χ1) is 11.1. The van der Waals surface area contributed by atoms with E-state index in [1.54, 1.807) is 6.07 Å². The van der Waals surface area contributed by atoms with Crippen molar-refractivity contribution < 1.29 is 4.79 Å². The fraction of sp³-hybridized carbons (Fsp3) is 0.250. The highest BCUT2D eigenvalue weighted by atomic mass is 35.5. The molecule has 0 aliphatic heterocycles. The molecule has 2 aromatic rings. The molecule has 1 aromatic heterocycles. The summed E-state index contributed by atoms with van der Waals surface area (Å²) in [7, 11) is 0. The second kappa shape index (κ2) is 12.2. The van der Waals surface area contributed by atoms with E-state index in [0.29, 0.717) is 29.0 Å². The highest BCUT2D eigenvalue weighted by molar-refractivity contribution is 6.35. The Morgan fingerprint density at radius 2 is 1.84 bits per heavy atom. The Morgan fingerprint density at radius 3 is 2.48 bits per heavy atom. The molecule has 4 N–H and O–H groups in total. The SMILES string of the molecule is Cl.Cl.NC(CC(=O)NCCNc1ncc(Cl)cc1Cl)c1ccccc1. The third-order valence-corrected chi connectivity index (χ3v) is 3.68. The molecule has 1 heterocycles. The van der Waals surface area contributed by atoms with Gasteiger partial charge in [-0.15, -0.1) is 24.8 Å². The van der Waals surface area contributed by atoms with Gasteiger partial charge in [0.15, 0.2) is 0 Å². The summed E-state index contributed by atoms with van der Waals surface area (Å²) < 4.78 is 0. The molecule has 5 nitrogen and oxygen atoms in total. The van der Waals surface area contributed by atoms with E-state index < -0.39 is 0 Å². The fourth-order valence-electron chi connectivity index (χ4n) is 2.02. The Hall–Kier alpha value is -1.24. The van der Waals surface area contributed by atoms with Crippen LogP contribution in [0.15, 0.2) is 42.6 Å². The lowest BCUT2D eigenvalue weighted by atomic mass is 10.0. The van der Waals surface area contributed by atoms with Crippen LogP contribution < -0.4 is 16.4 Å². The first-order valence-corrected chi connectivity index (χ1v) is 7.94. The third kappa shape index (κ3) is 8.12. The van der Waals surface area contributed by atoms with Crippen molar-refractivity contribution in [2.24, 2.45) is 5.73 Å². The van der Waals surface area contributed by atoms with E-state index in [1.807, 2.05) is 30.3 Å². The summed E-state index contributed by atoms with van der Waals surface area (Å²) in [6.07, 6.45) is 1.75. The third-order valence-electron chi connectivity index (χ3n) is 3.18. The molecule has 0 spiro atoms. The molecular formula is C16H20Cl4N4O. The lowest BCUT2D eigenvalue weighted by Crippen LogP contribution is -2.31. The van der Waals surface area contributed by atoms with Crippen molar-refractivity contribution in [3.8, 4) is 0 Å². The maximum absolute atomic E-state index is 11.9. The van der Waals surface area contributed by atoms with Gasteiger partial charge in [-0.25, -0.2) is 4.98 Å². The number of benzene rings is 1. The van der Waals surface area contributed by atoms with Gasteiger partial charge in [0.05, 0.1) is 10.0 Å². The smallest absolute Gasteiger partial charge is 0.221 e. The van der Waals surface area contributed by atoms with E-state index in [-0.39, 0.29) is 43.2 Å². The minimum absolute atomic E-state index is 0. The van der Waals surface area contributed by atoms with E-state index in [1.165, 1.54) is 6.20 Å². The molecule has 0 radical (unpaired) electrons. The van der Waals surface area contributed by atoms with Crippen molar-refractivity contribution in [3.63, 3.8) is 0 Å². The van der Waals surface area contributed by atoms with Crippen LogP contribution in [0.3, 0.4) is 0 Å². The second-order valence-corrected chi connectivity index (χ2v) is 5.83. The van der Waals surface area contributed by atoms with Crippen LogP contribution in [0.5, 0.6) is 0 Å². The summed E-state index contributed by atoms with van der Waals surface area (Å²) in [5.74, 6) is 0.435. The predicted octanol–water partition coefficient (Wildman–Crippen LogP) is 3.85. The average molecular weight is 426 g/mol. The van der Waals surface area contributed by atoms with Gasteiger partial charge in [-0.2, -0.15) is 0 Å². The van der Waals surface area contributed by atoms with Crippen molar-refractivity contribution in [2.45, 2.75) is 12.5 Å². The quantitative estimate of drug-likeness (QED) is 0.588. The molecule has 25 heavy (non-hydrogen) atoms. The van der Waals surface area contributed by atoms with Gasteiger partial charge in [-0.05, 0) is 11.6 Å². The average Bonchev–Trinajstić information content (AvgIpc) is 2.54. The molecule has 0 aliphatic carbocycles. The van der Waals surface area contributed by atoms with E-state index >= 15 is 0 Å². The number of carbonyl (C=O) groups excluding carboxylic acids is 1. The Morgan fingerprint density at radius 1 is 1.16 bits per heavy atom. The van der Waals surface area contributed by atoms with Crippen LogP contribution in [0.4, 0.5) is 5.82 Å². The zero-order chi connectivity index (χ0) is 16.7. The van der Waals surface area contributed by atoms with Gasteiger partial charge >= 0.3 is 0 Å². The minimum Gasteiger partial charge on any atom is -0.367 e. The fourth-order valence-corrected chi connectivity index (χ4v) is 2.46. The molecule has 1 atom stereocenters. The maximum atomic E-state index is 11.9. The van der Waals surface area contributed by atoms with Crippen molar-refractivity contribution >= 4 is 59.7 Å². The lowest BCUT2D eigenvalue weighted by molar-refractivity contribution is -0.121. The Kier molecular flexibility index (Phi) is 11.6. The highest BCUT2D eigenvalue weighted by Gasteiger charge is 2.10. The Balaban J connectivity index is 0.00000288. The van der Waals surface area contributed by atoms with Crippen LogP contribution in [0.2, 0.25) is 10.0 Å². The number of rotatable bonds is 7. The summed E-state index contributed by atoms with van der Waals surface area (Å²) in [4.78, 5) is 15.9. The van der Waals surface area contributed by atoms with Crippen molar-refractivity contribution in [2.75, 3.05) is 18.4 Å². The van der Waals surface area contributed by atoms with Crippen LogP contribution >= 0.6 is 48.0 Å². The summed E-state index contributed by atoms with van der Waals surface area (Å²) in [5.41, 5.74) is 6.95. The normalized spacial score (nSPS) is 10.8. The largest absolute Gasteiger partial charge is 0.367 e. The molecule has 1 unspecified atom stereocenters. The number of carbonyl (C=O) groups is 1. The minimum atomic E-state index is -0.309. The van der Waals surface area contributed by atoms with E-state index in [2.05, 4.69) is 15.6 Å². The molecule has 0 aliphatic rings. The maximum Gasteiger partial charge on any atom is 0.221 e. The number of hydrogen-bond acceptors (Lipinski definition) is 4. The summed E-state index contributed by atoms with van der Waals surface area (Å²) in [6, 6.07) is 10.8. The van der Waals surface area contributed by atoms with E-state index in [4.69, 9.17) is 28.9 Å². The number of halogens is 4. The molecule has 9 heteroatoms.